The molecule has 3 nitrogen and oxygen atoms in total. The van der Waals surface area contributed by atoms with Gasteiger partial charge in [-0.2, -0.15) is 0 Å². The van der Waals surface area contributed by atoms with Crippen molar-refractivity contribution in [2.45, 2.75) is 25.3 Å². The lowest BCUT2D eigenvalue weighted by molar-refractivity contribution is 0.584. The number of halogens is 1. The van der Waals surface area contributed by atoms with Crippen LogP contribution in [0.5, 0.6) is 0 Å². The minimum atomic E-state index is 0.595. The van der Waals surface area contributed by atoms with Crippen molar-refractivity contribution in [3.63, 3.8) is 0 Å². The van der Waals surface area contributed by atoms with Gasteiger partial charge in [0, 0.05) is 18.7 Å². The van der Waals surface area contributed by atoms with Crippen LogP contribution in [-0.4, -0.2) is 22.0 Å². The van der Waals surface area contributed by atoms with E-state index in [0.717, 1.165) is 28.9 Å². The average molecular weight is 280 g/mol. The molecule has 4 heteroatoms. The number of imidazole rings is 1. The molecule has 1 unspecified atom stereocenters. The van der Waals surface area contributed by atoms with Crippen LogP contribution in [0.15, 0.2) is 29.0 Å². The Morgan fingerprint density at radius 2 is 2.44 bits per heavy atom. The van der Waals surface area contributed by atoms with Crippen molar-refractivity contribution >= 4 is 21.4 Å². The van der Waals surface area contributed by atoms with Crippen molar-refractivity contribution in [2.24, 2.45) is 0 Å². The topological polar surface area (TPSA) is 29.3 Å². The molecule has 16 heavy (non-hydrogen) atoms. The number of fused-ring (bicyclic) bond motifs is 1. The fourth-order valence-electron chi connectivity index (χ4n) is 2.36. The first-order valence-electron chi connectivity index (χ1n) is 5.69. The molecule has 1 aliphatic heterocycles. The van der Waals surface area contributed by atoms with Gasteiger partial charge in [-0.25, -0.2) is 4.98 Å². The van der Waals surface area contributed by atoms with E-state index in [4.69, 9.17) is 0 Å². The van der Waals surface area contributed by atoms with E-state index < -0.39 is 0 Å². The molecule has 0 amide bonds. The van der Waals surface area contributed by atoms with Crippen LogP contribution in [0.1, 0.15) is 18.7 Å². The number of hydrogen-bond donors (Lipinski definition) is 1. The molecule has 1 N–H and O–H groups in total. The summed E-state index contributed by atoms with van der Waals surface area (Å²) >= 11 is 3.51. The number of hydrogen-bond acceptors (Lipinski definition) is 2. The van der Waals surface area contributed by atoms with Crippen LogP contribution < -0.4 is 5.32 Å². The zero-order valence-electron chi connectivity index (χ0n) is 8.99. The van der Waals surface area contributed by atoms with Gasteiger partial charge in [-0.1, -0.05) is 6.07 Å². The molecule has 3 rings (SSSR count). The fourth-order valence-corrected chi connectivity index (χ4v) is 2.88. The highest BCUT2D eigenvalue weighted by atomic mass is 79.9. The van der Waals surface area contributed by atoms with E-state index in [0.29, 0.717) is 6.04 Å². The van der Waals surface area contributed by atoms with Crippen molar-refractivity contribution in [3.05, 3.63) is 34.8 Å². The Bertz CT molecular complexity index is 500. The molecular weight excluding hydrogens is 266 g/mol. The van der Waals surface area contributed by atoms with Crippen molar-refractivity contribution in [2.75, 3.05) is 6.54 Å². The van der Waals surface area contributed by atoms with Crippen molar-refractivity contribution < 1.29 is 0 Å². The fraction of sp³-hybridized carbons (Fsp3) is 0.417. The number of rotatable bonds is 2. The highest BCUT2D eigenvalue weighted by Gasteiger charge is 2.17. The third kappa shape index (κ3) is 1.76. The Labute approximate surface area is 103 Å². The summed E-state index contributed by atoms with van der Waals surface area (Å²) < 4.78 is 3.12. The van der Waals surface area contributed by atoms with Gasteiger partial charge >= 0.3 is 0 Å². The second-order valence-electron chi connectivity index (χ2n) is 4.27. The van der Waals surface area contributed by atoms with Crippen LogP contribution in [0.25, 0.3) is 5.52 Å². The molecule has 1 atom stereocenters. The van der Waals surface area contributed by atoms with Crippen molar-refractivity contribution in [1.82, 2.24) is 14.7 Å². The second-order valence-corrected chi connectivity index (χ2v) is 5.02. The van der Waals surface area contributed by atoms with Gasteiger partial charge in [0.1, 0.15) is 10.4 Å². The van der Waals surface area contributed by atoms with Crippen LogP contribution in [0, 0.1) is 0 Å². The molecule has 0 spiro atoms. The van der Waals surface area contributed by atoms with Gasteiger partial charge in [-0.05, 0) is 47.4 Å². The van der Waals surface area contributed by atoms with E-state index in [9.17, 15) is 0 Å². The third-order valence-electron chi connectivity index (χ3n) is 3.17. The van der Waals surface area contributed by atoms with Crippen LogP contribution in [0.3, 0.4) is 0 Å². The van der Waals surface area contributed by atoms with E-state index >= 15 is 0 Å². The van der Waals surface area contributed by atoms with Crippen molar-refractivity contribution in [1.29, 1.82) is 0 Å². The van der Waals surface area contributed by atoms with Crippen LogP contribution in [0.4, 0.5) is 0 Å². The number of aromatic nitrogens is 2. The molecule has 0 radical (unpaired) electrons. The number of pyridine rings is 1. The molecule has 84 valence electrons. The molecular formula is C12H14BrN3. The maximum atomic E-state index is 4.59. The van der Waals surface area contributed by atoms with Crippen LogP contribution >= 0.6 is 15.9 Å². The molecule has 0 bridgehead atoms. The Morgan fingerprint density at radius 3 is 3.25 bits per heavy atom. The van der Waals surface area contributed by atoms with E-state index in [1.807, 2.05) is 12.1 Å². The maximum absolute atomic E-state index is 4.59. The van der Waals surface area contributed by atoms with Crippen LogP contribution in [0.2, 0.25) is 0 Å². The predicted molar refractivity (Wildman–Crippen MR) is 67.6 cm³/mol. The number of nitrogens with zero attached hydrogens (tertiary/aromatic N) is 2. The van der Waals surface area contributed by atoms with Gasteiger partial charge in [0.2, 0.25) is 0 Å². The van der Waals surface area contributed by atoms with Gasteiger partial charge in [0.05, 0.1) is 5.52 Å². The summed E-state index contributed by atoms with van der Waals surface area (Å²) in [7, 11) is 0. The normalized spacial score (nSPS) is 20.7. The minimum absolute atomic E-state index is 0.595. The third-order valence-corrected chi connectivity index (χ3v) is 3.75. The van der Waals surface area contributed by atoms with Crippen molar-refractivity contribution in [3.8, 4) is 0 Å². The molecule has 1 fully saturated rings. The summed E-state index contributed by atoms with van der Waals surface area (Å²) in [6.07, 6.45) is 5.64. The second kappa shape index (κ2) is 4.18. The molecule has 0 saturated carbocycles. The van der Waals surface area contributed by atoms with Crippen LogP contribution in [-0.2, 0) is 6.42 Å². The van der Waals surface area contributed by atoms with Gasteiger partial charge in [0.25, 0.3) is 0 Å². The molecule has 0 aliphatic carbocycles. The molecule has 1 saturated heterocycles. The van der Waals surface area contributed by atoms with Gasteiger partial charge < -0.3 is 9.72 Å². The lowest BCUT2D eigenvalue weighted by atomic mass is 10.1. The highest BCUT2D eigenvalue weighted by Crippen LogP contribution is 2.20. The molecule has 2 aromatic rings. The Kier molecular flexibility index (Phi) is 2.69. The Morgan fingerprint density at radius 1 is 1.50 bits per heavy atom. The van der Waals surface area contributed by atoms with E-state index in [1.165, 1.54) is 12.8 Å². The lowest BCUT2D eigenvalue weighted by Crippen LogP contribution is -2.24. The number of nitrogens with one attached hydrogen (secondary N) is 1. The zero-order chi connectivity index (χ0) is 11.0. The SMILES string of the molecule is Brc1nc(CC2CCCN2)n2ccccc12. The summed E-state index contributed by atoms with van der Waals surface area (Å²) in [5.41, 5.74) is 1.15. The summed E-state index contributed by atoms with van der Waals surface area (Å²) in [6, 6.07) is 6.77. The summed E-state index contributed by atoms with van der Waals surface area (Å²) in [4.78, 5) is 4.59. The van der Waals surface area contributed by atoms with Gasteiger partial charge in [0.15, 0.2) is 0 Å². The monoisotopic (exact) mass is 279 g/mol. The molecule has 0 aromatic carbocycles. The first kappa shape index (κ1) is 10.3. The first-order chi connectivity index (χ1) is 7.84. The smallest absolute Gasteiger partial charge is 0.132 e. The lowest BCUT2D eigenvalue weighted by Gasteiger charge is -2.08. The predicted octanol–water partition coefficient (Wildman–Crippen LogP) is 2.39. The summed E-state index contributed by atoms with van der Waals surface area (Å²) in [5, 5.41) is 3.51. The summed E-state index contributed by atoms with van der Waals surface area (Å²) in [6.45, 7) is 1.15. The first-order valence-corrected chi connectivity index (χ1v) is 6.49. The van der Waals surface area contributed by atoms with E-state index in [1.54, 1.807) is 0 Å². The Balaban J connectivity index is 1.96. The highest BCUT2D eigenvalue weighted by molar-refractivity contribution is 9.10. The standard InChI is InChI=1S/C12H14BrN3/c13-12-10-5-1-2-7-16(10)11(15-12)8-9-4-3-6-14-9/h1-2,5,7,9,14H,3-4,6,8H2. The average Bonchev–Trinajstić information content (AvgIpc) is 2.90. The zero-order valence-corrected chi connectivity index (χ0v) is 10.6. The molecule has 3 heterocycles. The minimum Gasteiger partial charge on any atom is -0.314 e. The van der Waals surface area contributed by atoms with Gasteiger partial charge in [-0.15, -0.1) is 0 Å². The van der Waals surface area contributed by atoms with Gasteiger partial charge in [-0.3, -0.25) is 0 Å². The quantitative estimate of drug-likeness (QED) is 0.915. The Hall–Kier alpha value is -0.870. The molecule has 1 aliphatic rings. The van der Waals surface area contributed by atoms with E-state index in [-0.39, 0.29) is 0 Å². The van der Waals surface area contributed by atoms with E-state index in [2.05, 4.69) is 42.9 Å². The summed E-state index contributed by atoms with van der Waals surface area (Å²) in [5.74, 6) is 1.14. The maximum Gasteiger partial charge on any atom is 0.132 e. The molecule has 2 aromatic heterocycles. The largest absolute Gasteiger partial charge is 0.314 e.